The van der Waals surface area contributed by atoms with E-state index in [2.05, 4.69) is 126 Å². The van der Waals surface area contributed by atoms with Crippen molar-refractivity contribution in [3.05, 3.63) is 121 Å². The highest BCUT2D eigenvalue weighted by Gasteiger charge is 2.15. The Morgan fingerprint density at radius 1 is 0.457 bits per heavy atom. The van der Waals surface area contributed by atoms with E-state index < -0.39 is 0 Å². The topological polar surface area (TPSA) is 17.3 Å². The van der Waals surface area contributed by atoms with E-state index in [1.165, 1.54) is 54.3 Å². The number of rotatable bonds is 1. The lowest BCUT2D eigenvalue weighted by molar-refractivity contribution is 1.31. The molecule has 0 aliphatic rings. The lowest BCUT2D eigenvalue weighted by Crippen LogP contribution is -1.93. The van der Waals surface area contributed by atoms with Gasteiger partial charge in [-0.2, -0.15) is 0 Å². The van der Waals surface area contributed by atoms with E-state index in [4.69, 9.17) is 4.98 Å². The summed E-state index contributed by atoms with van der Waals surface area (Å²) in [6, 6.07) is 43.7. The molecule has 8 aromatic rings. The molecule has 6 aromatic carbocycles. The number of fused-ring (bicyclic) bond motifs is 11. The molecule has 0 N–H and O–H groups in total. The molecule has 0 amide bonds. The summed E-state index contributed by atoms with van der Waals surface area (Å²) in [4.78, 5) is 5.05. The SMILES string of the molecule is c1ccc2c(c1)cc(-c1ccc3c4ccccc4c4nc5ccccc5n4c3c1)c1ccccc12. The van der Waals surface area contributed by atoms with Crippen LogP contribution in [0.5, 0.6) is 0 Å². The van der Waals surface area contributed by atoms with Crippen molar-refractivity contribution in [2.24, 2.45) is 0 Å². The van der Waals surface area contributed by atoms with Crippen molar-refractivity contribution >= 4 is 59.9 Å². The van der Waals surface area contributed by atoms with Crippen molar-refractivity contribution in [3.63, 3.8) is 0 Å². The van der Waals surface area contributed by atoms with Crippen LogP contribution < -0.4 is 0 Å². The molecular weight excluding hydrogens is 424 g/mol. The zero-order valence-electron chi connectivity index (χ0n) is 18.9. The summed E-state index contributed by atoms with van der Waals surface area (Å²) in [5.41, 5.74) is 6.82. The number of pyridine rings is 1. The summed E-state index contributed by atoms with van der Waals surface area (Å²) in [6.45, 7) is 0. The number of aromatic nitrogens is 2. The van der Waals surface area contributed by atoms with Gasteiger partial charge >= 0.3 is 0 Å². The van der Waals surface area contributed by atoms with E-state index >= 15 is 0 Å². The Labute approximate surface area is 201 Å². The van der Waals surface area contributed by atoms with Crippen molar-refractivity contribution in [2.45, 2.75) is 0 Å². The molecule has 0 aliphatic carbocycles. The first-order chi connectivity index (χ1) is 17.4. The predicted octanol–water partition coefficient (Wildman–Crippen LogP) is 8.77. The number of hydrogen-bond donors (Lipinski definition) is 0. The molecule has 8 rings (SSSR count). The molecule has 0 saturated carbocycles. The lowest BCUT2D eigenvalue weighted by atomic mass is 9.92. The summed E-state index contributed by atoms with van der Waals surface area (Å²) in [6.07, 6.45) is 0. The molecule has 0 spiro atoms. The maximum Gasteiger partial charge on any atom is 0.146 e. The van der Waals surface area contributed by atoms with Crippen molar-refractivity contribution in [1.29, 1.82) is 0 Å². The molecule has 35 heavy (non-hydrogen) atoms. The third-order valence-corrected chi connectivity index (χ3v) is 7.34. The summed E-state index contributed by atoms with van der Waals surface area (Å²) < 4.78 is 2.33. The summed E-state index contributed by atoms with van der Waals surface area (Å²) in [5, 5.41) is 8.78. The van der Waals surface area contributed by atoms with Crippen LogP contribution in [-0.2, 0) is 0 Å². The van der Waals surface area contributed by atoms with Gasteiger partial charge in [0.2, 0.25) is 0 Å². The Hall–Kier alpha value is -4.69. The smallest absolute Gasteiger partial charge is 0.146 e. The van der Waals surface area contributed by atoms with E-state index in [1.807, 2.05) is 0 Å². The summed E-state index contributed by atoms with van der Waals surface area (Å²) >= 11 is 0. The Morgan fingerprint density at radius 3 is 1.97 bits per heavy atom. The predicted molar refractivity (Wildman–Crippen MR) is 148 cm³/mol. The largest absolute Gasteiger partial charge is 0.292 e. The molecular formula is C33H20N2. The Bertz CT molecular complexity index is 2110. The van der Waals surface area contributed by atoms with Gasteiger partial charge < -0.3 is 0 Å². The minimum Gasteiger partial charge on any atom is -0.292 e. The molecule has 162 valence electrons. The fraction of sp³-hybridized carbons (Fsp3) is 0. The minimum atomic E-state index is 1.01. The number of para-hydroxylation sites is 2. The third kappa shape index (κ3) is 2.57. The molecule has 2 nitrogen and oxygen atoms in total. The van der Waals surface area contributed by atoms with Crippen LogP contribution in [-0.4, -0.2) is 9.38 Å². The van der Waals surface area contributed by atoms with Crippen LogP contribution in [0.2, 0.25) is 0 Å². The van der Waals surface area contributed by atoms with E-state index in [0.717, 1.165) is 16.7 Å². The maximum absolute atomic E-state index is 5.05. The quantitative estimate of drug-likeness (QED) is 0.231. The van der Waals surface area contributed by atoms with Gasteiger partial charge in [-0.3, -0.25) is 4.40 Å². The summed E-state index contributed by atoms with van der Waals surface area (Å²) in [5.74, 6) is 0. The molecule has 0 atom stereocenters. The number of hydrogen-bond acceptors (Lipinski definition) is 1. The van der Waals surface area contributed by atoms with E-state index in [9.17, 15) is 0 Å². The number of imidazole rings is 1. The van der Waals surface area contributed by atoms with Crippen LogP contribution in [0, 0.1) is 0 Å². The van der Waals surface area contributed by atoms with Gasteiger partial charge in [-0.25, -0.2) is 4.98 Å². The van der Waals surface area contributed by atoms with Crippen molar-refractivity contribution in [3.8, 4) is 11.1 Å². The molecule has 0 bridgehead atoms. The molecule has 0 radical (unpaired) electrons. The van der Waals surface area contributed by atoms with Gasteiger partial charge in [-0.05, 0) is 62.3 Å². The Morgan fingerprint density at radius 2 is 1.11 bits per heavy atom. The van der Waals surface area contributed by atoms with E-state index in [0.29, 0.717) is 0 Å². The molecule has 2 heteroatoms. The zero-order chi connectivity index (χ0) is 22.9. The average molecular weight is 445 g/mol. The van der Waals surface area contributed by atoms with Gasteiger partial charge in [0.25, 0.3) is 0 Å². The third-order valence-electron chi connectivity index (χ3n) is 7.34. The molecule has 0 fully saturated rings. The standard InChI is InChI=1S/C33H20N2/c1-2-10-23-21(9-1)19-29(25-12-4-3-11-24(23)25)22-17-18-27-26-13-5-6-14-28(26)33-34-30-15-7-8-16-31(30)35(33)32(27)20-22/h1-20H. The van der Waals surface area contributed by atoms with Crippen LogP contribution in [0.4, 0.5) is 0 Å². The van der Waals surface area contributed by atoms with Gasteiger partial charge in [-0.15, -0.1) is 0 Å². The monoisotopic (exact) mass is 444 g/mol. The summed E-state index contributed by atoms with van der Waals surface area (Å²) in [7, 11) is 0. The number of nitrogens with zero attached hydrogens (tertiary/aromatic N) is 2. The highest BCUT2D eigenvalue weighted by Crippen LogP contribution is 2.38. The molecule has 0 saturated heterocycles. The second kappa shape index (κ2) is 6.91. The normalized spacial score (nSPS) is 12.0. The minimum absolute atomic E-state index is 1.01. The van der Waals surface area contributed by atoms with Gasteiger partial charge in [0.1, 0.15) is 5.65 Å². The molecule has 0 unspecified atom stereocenters. The van der Waals surface area contributed by atoms with Gasteiger partial charge in [-0.1, -0.05) is 97.1 Å². The van der Waals surface area contributed by atoms with Gasteiger partial charge in [0.05, 0.1) is 16.6 Å². The Balaban J connectivity index is 1.56. The second-order valence-corrected chi connectivity index (χ2v) is 9.23. The highest BCUT2D eigenvalue weighted by atomic mass is 15.0. The van der Waals surface area contributed by atoms with Crippen LogP contribution in [0.3, 0.4) is 0 Å². The van der Waals surface area contributed by atoms with Crippen LogP contribution in [0.25, 0.3) is 71.0 Å². The maximum atomic E-state index is 5.05. The molecule has 2 heterocycles. The fourth-order valence-corrected chi connectivity index (χ4v) is 5.77. The van der Waals surface area contributed by atoms with Gasteiger partial charge in [0.15, 0.2) is 0 Å². The van der Waals surface area contributed by atoms with Crippen LogP contribution in [0.15, 0.2) is 121 Å². The number of benzene rings is 6. The first kappa shape index (κ1) is 18.7. The van der Waals surface area contributed by atoms with Crippen molar-refractivity contribution in [2.75, 3.05) is 0 Å². The van der Waals surface area contributed by atoms with Crippen molar-refractivity contribution in [1.82, 2.24) is 9.38 Å². The van der Waals surface area contributed by atoms with Crippen LogP contribution >= 0.6 is 0 Å². The van der Waals surface area contributed by atoms with Crippen LogP contribution in [0.1, 0.15) is 0 Å². The van der Waals surface area contributed by atoms with E-state index in [1.54, 1.807) is 0 Å². The fourth-order valence-electron chi connectivity index (χ4n) is 5.77. The average Bonchev–Trinajstić information content (AvgIpc) is 3.33. The zero-order valence-corrected chi connectivity index (χ0v) is 18.9. The first-order valence-corrected chi connectivity index (χ1v) is 12.0. The van der Waals surface area contributed by atoms with Crippen molar-refractivity contribution < 1.29 is 0 Å². The molecule has 0 aliphatic heterocycles. The highest BCUT2D eigenvalue weighted by molar-refractivity contribution is 6.17. The Kier molecular flexibility index (Phi) is 3.69. The molecule has 2 aromatic heterocycles. The first-order valence-electron chi connectivity index (χ1n) is 12.0. The lowest BCUT2D eigenvalue weighted by Gasteiger charge is -2.14. The second-order valence-electron chi connectivity index (χ2n) is 9.23. The van der Waals surface area contributed by atoms with E-state index in [-0.39, 0.29) is 0 Å². The van der Waals surface area contributed by atoms with Gasteiger partial charge in [0, 0.05) is 10.8 Å².